The smallest absolute Gasteiger partial charge is 0.272 e. The molecule has 0 spiro atoms. The first kappa shape index (κ1) is 16.5. The lowest BCUT2D eigenvalue weighted by Crippen LogP contribution is -2.38. The number of carbonyl (C=O) groups is 1. The van der Waals surface area contributed by atoms with Crippen molar-refractivity contribution in [2.45, 2.75) is 25.7 Å². The number of rotatable bonds is 5. The van der Waals surface area contributed by atoms with E-state index in [1.54, 1.807) is 19.4 Å². The Kier molecular flexibility index (Phi) is 5.47. The SMILES string of the molecule is COc1ccc(CCC2CCN(C(=O)c3ccccn3)CC2)cc1. The van der Waals surface area contributed by atoms with Crippen molar-refractivity contribution < 1.29 is 9.53 Å². The number of benzene rings is 1. The van der Waals surface area contributed by atoms with Gasteiger partial charge in [-0.25, -0.2) is 0 Å². The highest BCUT2D eigenvalue weighted by Gasteiger charge is 2.23. The van der Waals surface area contributed by atoms with E-state index in [9.17, 15) is 4.79 Å². The average molecular weight is 324 g/mol. The molecule has 0 atom stereocenters. The van der Waals surface area contributed by atoms with E-state index in [-0.39, 0.29) is 5.91 Å². The molecule has 0 aliphatic carbocycles. The molecule has 1 aromatic heterocycles. The van der Waals surface area contributed by atoms with Gasteiger partial charge in [0.25, 0.3) is 5.91 Å². The minimum absolute atomic E-state index is 0.0594. The molecule has 0 N–H and O–H groups in total. The van der Waals surface area contributed by atoms with Gasteiger partial charge in [0, 0.05) is 19.3 Å². The van der Waals surface area contributed by atoms with Crippen LogP contribution in [-0.2, 0) is 6.42 Å². The van der Waals surface area contributed by atoms with Crippen molar-refractivity contribution >= 4 is 5.91 Å². The highest BCUT2D eigenvalue weighted by Crippen LogP contribution is 2.24. The van der Waals surface area contributed by atoms with Gasteiger partial charge in [-0.05, 0) is 61.4 Å². The van der Waals surface area contributed by atoms with Crippen LogP contribution in [0.15, 0.2) is 48.7 Å². The molecule has 0 radical (unpaired) electrons. The number of hydrogen-bond acceptors (Lipinski definition) is 3. The Labute approximate surface area is 143 Å². The number of ether oxygens (including phenoxy) is 1. The average Bonchev–Trinajstić information content (AvgIpc) is 2.67. The number of piperidine rings is 1. The molecule has 0 unspecified atom stereocenters. The fourth-order valence-electron chi connectivity index (χ4n) is 3.24. The summed E-state index contributed by atoms with van der Waals surface area (Å²) in [5, 5.41) is 0. The Balaban J connectivity index is 1.45. The normalized spacial score (nSPS) is 15.3. The lowest BCUT2D eigenvalue weighted by atomic mass is 9.90. The van der Waals surface area contributed by atoms with Crippen LogP contribution in [0.25, 0.3) is 0 Å². The van der Waals surface area contributed by atoms with Gasteiger partial charge in [0.1, 0.15) is 11.4 Å². The molecule has 2 aromatic rings. The molecule has 4 heteroatoms. The Hall–Kier alpha value is -2.36. The molecule has 4 nitrogen and oxygen atoms in total. The van der Waals surface area contributed by atoms with Gasteiger partial charge >= 0.3 is 0 Å². The molecule has 1 aromatic carbocycles. The third-order valence-electron chi connectivity index (χ3n) is 4.79. The van der Waals surface area contributed by atoms with Crippen LogP contribution in [0.5, 0.6) is 5.75 Å². The lowest BCUT2D eigenvalue weighted by Gasteiger charge is -2.31. The minimum atomic E-state index is 0.0594. The summed E-state index contributed by atoms with van der Waals surface area (Å²) in [6.07, 6.45) is 6.10. The second-order valence-electron chi connectivity index (χ2n) is 6.34. The van der Waals surface area contributed by atoms with E-state index in [1.807, 2.05) is 29.2 Å². The standard InChI is InChI=1S/C20H24N2O2/c1-24-18-9-7-16(8-10-18)5-6-17-11-14-22(15-12-17)20(23)19-4-2-3-13-21-19/h2-4,7-10,13,17H,5-6,11-12,14-15H2,1H3. The quantitative estimate of drug-likeness (QED) is 0.844. The van der Waals surface area contributed by atoms with Crippen molar-refractivity contribution in [1.29, 1.82) is 0 Å². The Morgan fingerprint density at radius 2 is 1.92 bits per heavy atom. The zero-order valence-corrected chi connectivity index (χ0v) is 14.1. The molecule has 1 amide bonds. The van der Waals surface area contributed by atoms with Crippen LogP contribution in [0.1, 0.15) is 35.3 Å². The fraction of sp³-hybridized carbons (Fsp3) is 0.400. The lowest BCUT2D eigenvalue weighted by molar-refractivity contribution is 0.0681. The summed E-state index contributed by atoms with van der Waals surface area (Å²) in [6, 6.07) is 13.8. The van der Waals surface area contributed by atoms with Crippen molar-refractivity contribution in [3.8, 4) is 5.75 Å². The molecule has 1 aliphatic heterocycles. The molecule has 2 heterocycles. The molecule has 0 saturated carbocycles. The number of likely N-dealkylation sites (tertiary alicyclic amines) is 1. The van der Waals surface area contributed by atoms with Gasteiger partial charge in [-0.1, -0.05) is 18.2 Å². The summed E-state index contributed by atoms with van der Waals surface area (Å²) in [6.45, 7) is 1.67. The van der Waals surface area contributed by atoms with Crippen LogP contribution >= 0.6 is 0 Å². The van der Waals surface area contributed by atoms with Crippen LogP contribution in [0.2, 0.25) is 0 Å². The predicted octanol–water partition coefficient (Wildman–Crippen LogP) is 3.58. The van der Waals surface area contributed by atoms with Gasteiger partial charge in [-0.15, -0.1) is 0 Å². The number of carbonyl (C=O) groups excluding carboxylic acids is 1. The van der Waals surface area contributed by atoms with Gasteiger partial charge in [0.15, 0.2) is 0 Å². The van der Waals surface area contributed by atoms with Crippen LogP contribution < -0.4 is 4.74 Å². The summed E-state index contributed by atoms with van der Waals surface area (Å²) in [5.41, 5.74) is 1.90. The first-order valence-electron chi connectivity index (χ1n) is 8.59. The Morgan fingerprint density at radius 3 is 2.54 bits per heavy atom. The summed E-state index contributed by atoms with van der Waals surface area (Å²) in [5.74, 6) is 1.66. The molecule has 1 saturated heterocycles. The van der Waals surface area contributed by atoms with Crippen molar-refractivity contribution in [1.82, 2.24) is 9.88 Å². The Morgan fingerprint density at radius 1 is 1.17 bits per heavy atom. The number of hydrogen-bond donors (Lipinski definition) is 0. The molecule has 0 bridgehead atoms. The second-order valence-corrected chi connectivity index (χ2v) is 6.34. The topological polar surface area (TPSA) is 42.4 Å². The van der Waals surface area contributed by atoms with Gasteiger partial charge in [0.2, 0.25) is 0 Å². The van der Waals surface area contributed by atoms with E-state index < -0.39 is 0 Å². The summed E-state index contributed by atoms with van der Waals surface area (Å²) in [7, 11) is 1.69. The van der Waals surface area contributed by atoms with Crippen LogP contribution in [0.4, 0.5) is 0 Å². The molecule has 24 heavy (non-hydrogen) atoms. The monoisotopic (exact) mass is 324 g/mol. The van der Waals surface area contributed by atoms with Gasteiger partial charge < -0.3 is 9.64 Å². The fourth-order valence-corrected chi connectivity index (χ4v) is 3.24. The number of amides is 1. The third-order valence-corrected chi connectivity index (χ3v) is 4.79. The predicted molar refractivity (Wildman–Crippen MR) is 94.2 cm³/mol. The zero-order valence-electron chi connectivity index (χ0n) is 14.1. The molecule has 3 rings (SSSR count). The van der Waals surface area contributed by atoms with E-state index in [0.717, 1.165) is 38.1 Å². The number of nitrogens with zero attached hydrogens (tertiary/aromatic N) is 2. The maximum atomic E-state index is 12.4. The molecule has 1 aliphatic rings. The third kappa shape index (κ3) is 4.13. The van der Waals surface area contributed by atoms with Crippen molar-refractivity contribution in [2.75, 3.05) is 20.2 Å². The van der Waals surface area contributed by atoms with Crippen LogP contribution in [0, 0.1) is 5.92 Å². The molecular weight excluding hydrogens is 300 g/mol. The number of aromatic nitrogens is 1. The minimum Gasteiger partial charge on any atom is -0.497 e. The summed E-state index contributed by atoms with van der Waals surface area (Å²) in [4.78, 5) is 18.5. The molecule has 1 fully saturated rings. The second kappa shape index (κ2) is 7.95. The highest BCUT2D eigenvalue weighted by molar-refractivity contribution is 5.92. The largest absolute Gasteiger partial charge is 0.497 e. The maximum absolute atomic E-state index is 12.4. The molecule has 126 valence electrons. The van der Waals surface area contributed by atoms with E-state index in [2.05, 4.69) is 17.1 Å². The van der Waals surface area contributed by atoms with E-state index in [1.165, 1.54) is 12.0 Å². The first-order chi connectivity index (χ1) is 11.8. The van der Waals surface area contributed by atoms with Gasteiger partial charge in [-0.3, -0.25) is 9.78 Å². The van der Waals surface area contributed by atoms with Crippen molar-refractivity contribution in [3.05, 3.63) is 59.9 Å². The van der Waals surface area contributed by atoms with Crippen LogP contribution in [-0.4, -0.2) is 36.0 Å². The van der Waals surface area contributed by atoms with Crippen LogP contribution in [0.3, 0.4) is 0 Å². The molecular formula is C20H24N2O2. The maximum Gasteiger partial charge on any atom is 0.272 e. The number of methoxy groups -OCH3 is 1. The zero-order chi connectivity index (χ0) is 16.8. The summed E-state index contributed by atoms with van der Waals surface area (Å²) >= 11 is 0. The highest BCUT2D eigenvalue weighted by atomic mass is 16.5. The Bertz CT molecular complexity index is 647. The van der Waals surface area contributed by atoms with Crippen molar-refractivity contribution in [2.24, 2.45) is 5.92 Å². The first-order valence-corrected chi connectivity index (χ1v) is 8.59. The summed E-state index contributed by atoms with van der Waals surface area (Å²) < 4.78 is 5.19. The van der Waals surface area contributed by atoms with Gasteiger partial charge in [-0.2, -0.15) is 0 Å². The van der Waals surface area contributed by atoms with E-state index in [4.69, 9.17) is 4.74 Å². The van der Waals surface area contributed by atoms with Crippen molar-refractivity contribution in [3.63, 3.8) is 0 Å². The van der Waals surface area contributed by atoms with E-state index in [0.29, 0.717) is 11.6 Å². The van der Waals surface area contributed by atoms with Gasteiger partial charge in [0.05, 0.1) is 7.11 Å². The van der Waals surface area contributed by atoms with E-state index >= 15 is 0 Å². The number of pyridine rings is 1. The number of aryl methyl sites for hydroxylation is 1.